The van der Waals surface area contributed by atoms with Gasteiger partial charge in [0.1, 0.15) is 0 Å². The third-order valence-electron chi connectivity index (χ3n) is 1.76. The lowest BCUT2D eigenvalue weighted by atomic mass is 10.3. The van der Waals surface area contributed by atoms with E-state index in [2.05, 4.69) is 10.3 Å². The molecule has 1 rings (SSSR count). The number of halogens is 1. The van der Waals surface area contributed by atoms with Gasteiger partial charge >= 0.3 is 0 Å². The Hall–Kier alpha value is -0.610. The molecule has 78 valence electrons. The molecule has 0 aromatic carbocycles. The van der Waals surface area contributed by atoms with Gasteiger partial charge in [0.05, 0.1) is 11.0 Å². The number of hydrogen-bond donors (Lipinski definition) is 1. The number of aryl methyl sites for hydroxylation is 1. The molecule has 0 aliphatic rings. The Labute approximate surface area is 92.5 Å². The fraction of sp³-hybridized carbons (Fsp3) is 0.556. The highest BCUT2D eigenvalue weighted by Crippen LogP contribution is 2.19. The van der Waals surface area contributed by atoms with Crippen LogP contribution in [0.15, 0.2) is 6.20 Å². The summed E-state index contributed by atoms with van der Waals surface area (Å²) in [5, 5.41) is 3.87. The van der Waals surface area contributed by atoms with Crippen molar-refractivity contribution in [1.29, 1.82) is 0 Å². The van der Waals surface area contributed by atoms with Crippen LogP contribution in [-0.2, 0) is 4.79 Å². The fourth-order valence-corrected chi connectivity index (χ4v) is 2.01. The molecule has 1 N–H and O–H groups in total. The van der Waals surface area contributed by atoms with Gasteiger partial charge in [-0.15, -0.1) is 22.9 Å². The number of thiazole rings is 1. The molecule has 1 unspecified atom stereocenters. The summed E-state index contributed by atoms with van der Waals surface area (Å²) < 4.78 is 0. The number of nitrogens with zero attached hydrogens (tertiary/aromatic N) is 1. The molecule has 0 spiro atoms. The van der Waals surface area contributed by atoms with E-state index in [1.165, 1.54) is 0 Å². The molecule has 5 heteroatoms. The van der Waals surface area contributed by atoms with Crippen molar-refractivity contribution in [3.05, 3.63) is 16.1 Å². The molecular weight excluding hydrogens is 220 g/mol. The van der Waals surface area contributed by atoms with Gasteiger partial charge in [-0.2, -0.15) is 0 Å². The average molecular weight is 233 g/mol. The van der Waals surface area contributed by atoms with E-state index in [0.29, 0.717) is 12.3 Å². The molecule has 1 atom stereocenters. The SMILES string of the molecule is Cc1ncc(C(C)NC(=O)CCCl)s1. The molecule has 0 bridgehead atoms. The summed E-state index contributed by atoms with van der Waals surface area (Å²) in [5.41, 5.74) is 0. The van der Waals surface area contributed by atoms with Crippen LogP contribution in [0.4, 0.5) is 0 Å². The van der Waals surface area contributed by atoms with Crippen molar-refractivity contribution >= 4 is 28.8 Å². The van der Waals surface area contributed by atoms with E-state index in [4.69, 9.17) is 11.6 Å². The van der Waals surface area contributed by atoms with E-state index >= 15 is 0 Å². The number of carbonyl (C=O) groups excluding carboxylic acids is 1. The number of aromatic nitrogens is 1. The molecule has 1 aromatic rings. The molecule has 0 aliphatic carbocycles. The Kier molecular flexibility index (Phi) is 4.35. The lowest BCUT2D eigenvalue weighted by Gasteiger charge is -2.10. The monoisotopic (exact) mass is 232 g/mol. The Morgan fingerprint density at radius 2 is 2.50 bits per heavy atom. The van der Waals surface area contributed by atoms with Crippen molar-refractivity contribution < 1.29 is 4.79 Å². The van der Waals surface area contributed by atoms with Crippen molar-refractivity contribution in [2.75, 3.05) is 5.88 Å². The van der Waals surface area contributed by atoms with Gasteiger partial charge in [0.15, 0.2) is 0 Å². The highest BCUT2D eigenvalue weighted by molar-refractivity contribution is 7.11. The highest BCUT2D eigenvalue weighted by atomic mass is 35.5. The van der Waals surface area contributed by atoms with Crippen LogP contribution >= 0.6 is 22.9 Å². The van der Waals surface area contributed by atoms with E-state index in [-0.39, 0.29) is 11.9 Å². The quantitative estimate of drug-likeness (QED) is 0.810. The minimum absolute atomic E-state index is 0.0152. The number of alkyl halides is 1. The van der Waals surface area contributed by atoms with Crippen molar-refractivity contribution in [2.24, 2.45) is 0 Å². The first-order valence-electron chi connectivity index (χ1n) is 4.41. The van der Waals surface area contributed by atoms with E-state index in [0.717, 1.165) is 9.88 Å². The third kappa shape index (κ3) is 3.27. The molecule has 3 nitrogen and oxygen atoms in total. The van der Waals surface area contributed by atoms with Crippen LogP contribution in [0.2, 0.25) is 0 Å². The van der Waals surface area contributed by atoms with Crippen molar-refractivity contribution in [3.8, 4) is 0 Å². The van der Waals surface area contributed by atoms with E-state index < -0.39 is 0 Å². The second-order valence-corrected chi connectivity index (χ2v) is 4.65. The zero-order chi connectivity index (χ0) is 10.6. The summed E-state index contributed by atoms with van der Waals surface area (Å²) in [5.74, 6) is 0.346. The van der Waals surface area contributed by atoms with E-state index in [1.807, 2.05) is 13.8 Å². The second-order valence-electron chi connectivity index (χ2n) is 3.01. The van der Waals surface area contributed by atoms with Crippen LogP contribution in [0.25, 0.3) is 0 Å². The molecule has 14 heavy (non-hydrogen) atoms. The highest BCUT2D eigenvalue weighted by Gasteiger charge is 2.10. The minimum atomic E-state index is -0.0152. The predicted octanol–water partition coefficient (Wildman–Crippen LogP) is 2.26. The largest absolute Gasteiger partial charge is 0.349 e. The Morgan fingerprint density at radius 1 is 1.79 bits per heavy atom. The molecule has 0 fully saturated rings. The van der Waals surface area contributed by atoms with Gasteiger partial charge in [-0.3, -0.25) is 4.79 Å². The van der Waals surface area contributed by atoms with Gasteiger partial charge in [-0.25, -0.2) is 4.98 Å². The fourth-order valence-electron chi connectivity index (χ4n) is 1.05. The van der Waals surface area contributed by atoms with E-state index in [9.17, 15) is 4.79 Å². The van der Waals surface area contributed by atoms with Crippen molar-refractivity contribution in [1.82, 2.24) is 10.3 Å². The van der Waals surface area contributed by atoms with Gasteiger partial charge in [0.2, 0.25) is 5.91 Å². The summed E-state index contributed by atoms with van der Waals surface area (Å²) in [4.78, 5) is 16.4. The summed E-state index contributed by atoms with van der Waals surface area (Å²) >= 11 is 7.06. The van der Waals surface area contributed by atoms with Crippen LogP contribution in [0.5, 0.6) is 0 Å². The van der Waals surface area contributed by atoms with Crippen molar-refractivity contribution in [2.45, 2.75) is 26.3 Å². The smallest absolute Gasteiger partial charge is 0.221 e. The van der Waals surface area contributed by atoms with Gasteiger partial charge in [0.25, 0.3) is 0 Å². The third-order valence-corrected chi connectivity index (χ3v) is 3.05. The minimum Gasteiger partial charge on any atom is -0.349 e. The molecule has 1 heterocycles. The number of carbonyl (C=O) groups is 1. The average Bonchev–Trinajstić information content (AvgIpc) is 2.52. The zero-order valence-electron chi connectivity index (χ0n) is 8.21. The second kappa shape index (κ2) is 5.32. The molecular formula is C9H13ClN2OS. The molecule has 1 amide bonds. The summed E-state index contributed by atoms with van der Waals surface area (Å²) in [6.07, 6.45) is 2.16. The maximum Gasteiger partial charge on any atom is 0.221 e. The number of rotatable bonds is 4. The van der Waals surface area contributed by atoms with Crippen molar-refractivity contribution in [3.63, 3.8) is 0 Å². The normalized spacial score (nSPS) is 12.5. The van der Waals surface area contributed by atoms with Gasteiger partial charge in [-0.1, -0.05) is 0 Å². The Balaban J connectivity index is 2.50. The topological polar surface area (TPSA) is 42.0 Å². The van der Waals surface area contributed by atoms with Crippen LogP contribution in [-0.4, -0.2) is 16.8 Å². The van der Waals surface area contributed by atoms with Crippen LogP contribution in [0, 0.1) is 6.92 Å². The van der Waals surface area contributed by atoms with Crippen LogP contribution in [0.1, 0.15) is 29.3 Å². The molecule has 0 saturated carbocycles. The zero-order valence-corrected chi connectivity index (χ0v) is 9.78. The summed E-state index contributed by atoms with van der Waals surface area (Å²) in [6.45, 7) is 3.89. The number of hydrogen-bond acceptors (Lipinski definition) is 3. The molecule has 0 saturated heterocycles. The Bertz CT molecular complexity index is 314. The Morgan fingerprint density at radius 3 is 3.00 bits per heavy atom. The first-order valence-corrected chi connectivity index (χ1v) is 5.76. The lowest BCUT2D eigenvalue weighted by Crippen LogP contribution is -2.26. The maximum absolute atomic E-state index is 11.2. The molecule has 1 aromatic heterocycles. The van der Waals surface area contributed by atoms with Crippen LogP contribution < -0.4 is 5.32 Å². The first kappa shape index (κ1) is 11.5. The predicted molar refractivity (Wildman–Crippen MR) is 58.7 cm³/mol. The van der Waals surface area contributed by atoms with Gasteiger partial charge < -0.3 is 5.32 Å². The molecule has 0 aliphatic heterocycles. The standard InChI is InChI=1S/C9H13ClN2OS/c1-6(12-9(13)3-4-10)8-5-11-7(2)14-8/h5-6H,3-4H2,1-2H3,(H,12,13). The maximum atomic E-state index is 11.2. The van der Waals surface area contributed by atoms with E-state index in [1.54, 1.807) is 17.5 Å². The number of amides is 1. The molecule has 0 radical (unpaired) electrons. The first-order chi connectivity index (χ1) is 6.63. The summed E-state index contributed by atoms with van der Waals surface area (Å²) in [6, 6.07) is 0.0249. The number of nitrogens with one attached hydrogen (secondary N) is 1. The lowest BCUT2D eigenvalue weighted by molar-refractivity contribution is -0.121. The van der Waals surface area contributed by atoms with Gasteiger partial charge in [-0.05, 0) is 13.8 Å². The van der Waals surface area contributed by atoms with Gasteiger partial charge in [0, 0.05) is 23.4 Å². The van der Waals surface area contributed by atoms with Crippen LogP contribution in [0.3, 0.4) is 0 Å². The summed E-state index contributed by atoms with van der Waals surface area (Å²) in [7, 11) is 0.